The number of hydrogen-bond donors (Lipinski definition) is 1. The fraction of sp³-hybridized carbons (Fsp3) is 0.143. The van der Waals surface area contributed by atoms with Crippen LogP contribution in [0.1, 0.15) is 11.1 Å². The van der Waals surface area contributed by atoms with Crippen molar-refractivity contribution in [2.45, 2.75) is 10.8 Å². The Balaban J connectivity index is 2.13. The zero-order valence-electron chi connectivity index (χ0n) is 10.5. The molecule has 2 N–H and O–H groups in total. The van der Waals surface area contributed by atoms with E-state index in [4.69, 9.17) is 15.7 Å². The molecule has 0 aliphatic heterocycles. The largest absolute Gasteiger partial charge is 0.495 e. The van der Waals surface area contributed by atoms with Crippen molar-refractivity contribution in [3.05, 3.63) is 47.7 Å². The van der Waals surface area contributed by atoms with Crippen LogP contribution in [0.5, 0.6) is 5.75 Å². The van der Waals surface area contributed by atoms with Gasteiger partial charge in [0, 0.05) is 11.9 Å². The first-order valence-electron chi connectivity index (χ1n) is 5.65. The number of thioether (sulfide) groups is 1. The van der Waals surface area contributed by atoms with E-state index in [0.29, 0.717) is 22.8 Å². The predicted molar refractivity (Wildman–Crippen MR) is 75.9 cm³/mol. The number of anilines is 1. The van der Waals surface area contributed by atoms with Gasteiger partial charge in [0.2, 0.25) is 0 Å². The van der Waals surface area contributed by atoms with Crippen LogP contribution in [-0.4, -0.2) is 12.1 Å². The highest BCUT2D eigenvalue weighted by Gasteiger charge is 2.05. The molecule has 0 saturated heterocycles. The maximum Gasteiger partial charge on any atom is 0.136 e. The average Bonchev–Trinajstić information content (AvgIpc) is 2.46. The highest BCUT2D eigenvalue weighted by molar-refractivity contribution is 7.98. The lowest BCUT2D eigenvalue weighted by molar-refractivity contribution is 0.413. The molecule has 2 aromatic rings. The molecule has 0 fully saturated rings. The first kappa shape index (κ1) is 13.2. The van der Waals surface area contributed by atoms with Crippen molar-refractivity contribution < 1.29 is 4.74 Å². The maximum absolute atomic E-state index is 9.03. The number of benzene rings is 1. The number of nitrogens with two attached hydrogens (primary N) is 1. The summed E-state index contributed by atoms with van der Waals surface area (Å²) >= 11 is 1.55. The molecule has 0 atom stereocenters. The summed E-state index contributed by atoms with van der Waals surface area (Å²) in [6, 6.07) is 11.3. The van der Waals surface area contributed by atoms with Crippen molar-refractivity contribution in [2.75, 3.05) is 12.8 Å². The molecule has 0 aliphatic rings. The highest BCUT2D eigenvalue weighted by atomic mass is 32.2. The summed E-state index contributed by atoms with van der Waals surface area (Å²) in [5, 5.41) is 9.84. The van der Waals surface area contributed by atoms with Crippen LogP contribution in [0.2, 0.25) is 0 Å². The number of aromatic nitrogens is 1. The molecule has 96 valence electrons. The molecule has 2 rings (SSSR count). The second kappa shape index (κ2) is 6.12. The number of nitriles is 1. The van der Waals surface area contributed by atoms with Gasteiger partial charge < -0.3 is 10.5 Å². The van der Waals surface area contributed by atoms with Gasteiger partial charge in [-0.3, -0.25) is 0 Å². The van der Waals surface area contributed by atoms with Gasteiger partial charge in [0.25, 0.3) is 0 Å². The molecular weight excluding hydrogens is 258 g/mol. The summed E-state index contributed by atoms with van der Waals surface area (Å²) in [7, 11) is 1.55. The van der Waals surface area contributed by atoms with Crippen LogP contribution < -0.4 is 10.5 Å². The smallest absolute Gasteiger partial charge is 0.136 e. The van der Waals surface area contributed by atoms with E-state index >= 15 is 0 Å². The molecule has 0 amide bonds. The van der Waals surface area contributed by atoms with Gasteiger partial charge in [-0.15, -0.1) is 0 Å². The Kier molecular flexibility index (Phi) is 4.26. The molecule has 0 unspecified atom stereocenters. The lowest BCUT2D eigenvalue weighted by Gasteiger charge is -2.06. The summed E-state index contributed by atoms with van der Waals surface area (Å²) < 4.78 is 5.11. The molecule has 0 bridgehead atoms. The lowest BCUT2D eigenvalue weighted by atomic mass is 10.1. The third-order valence-corrected chi connectivity index (χ3v) is 3.65. The van der Waals surface area contributed by atoms with Crippen molar-refractivity contribution in [1.29, 1.82) is 5.26 Å². The lowest BCUT2D eigenvalue weighted by Crippen LogP contribution is -1.93. The zero-order valence-corrected chi connectivity index (χ0v) is 11.3. The molecule has 0 aliphatic carbocycles. The van der Waals surface area contributed by atoms with Crippen LogP contribution in [0.3, 0.4) is 0 Å². The Morgan fingerprint density at radius 3 is 2.95 bits per heavy atom. The molecule has 5 heteroatoms. The van der Waals surface area contributed by atoms with Crippen molar-refractivity contribution in [2.24, 2.45) is 0 Å². The van der Waals surface area contributed by atoms with Crippen LogP contribution in [0.25, 0.3) is 0 Å². The van der Waals surface area contributed by atoms with Gasteiger partial charge in [-0.2, -0.15) is 5.26 Å². The van der Waals surface area contributed by atoms with E-state index in [2.05, 4.69) is 11.1 Å². The topological polar surface area (TPSA) is 71.9 Å². The van der Waals surface area contributed by atoms with Gasteiger partial charge in [-0.05, 0) is 29.8 Å². The van der Waals surface area contributed by atoms with E-state index in [-0.39, 0.29) is 0 Å². The predicted octanol–water partition coefficient (Wildman–Crippen LogP) is 2.84. The van der Waals surface area contributed by atoms with E-state index in [1.807, 2.05) is 18.2 Å². The number of ether oxygens (including phenoxy) is 1. The van der Waals surface area contributed by atoms with E-state index in [1.165, 1.54) is 0 Å². The van der Waals surface area contributed by atoms with Gasteiger partial charge in [-0.1, -0.05) is 17.8 Å². The molecule has 1 aromatic heterocycles. The zero-order chi connectivity index (χ0) is 13.7. The molecule has 0 saturated carbocycles. The van der Waals surface area contributed by atoms with Gasteiger partial charge in [0.1, 0.15) is 16.8 Å². The molecule has 19 heavy (non-hydrogen) atoms. The standard InChI is InChI=1S/C14H13N3OS/c1-18-13-5-4-10(7-11(13)8-15)9-19-14-12(16)3-2-6-17-14/h2-7H,9,16H2,1H3. The number of hydrogen-bond acceptors (Lipinski definition) is 5. The first-order chi connectivity index (χ1) is 9.24. The quantitative estimate of drug-likeness (QED) is 0.866. The van der Waals surface area contributed by atoms with E-state index < -0.39 is 0 Å². The molecule has 1 heterocycles. The summed E-state index contributed by atoms with van der Waals surface area (Å²) in [5.41, 5.74) is 8.07. The molecule has 0 spiro atoms. The minimum Gasteiger partial charge on any atom is -0.495 e. The van der Waals surface area contributed by atoms with Gasteiger partial charge >= 0.3 is 0 Å². The highest BCUT2D eigenvalue weighted by Crippen LogP contribution is 2.27. The number of pyridine rings is 1. The van der Waals surface area contributed by atoms with Gasteiger partial charge in [0.15, 0.2) is 0 Å². The van der Waals surface area contributed by atoms with Crippen molar-refractivity contribution >= 4 is 17.4 Å². The Labute approximate surface area is 116 Å². The normalized spacial score (nSPS) is 9.89. The number of methoxy groups -OCH3 is 1. The monoisotopic (exact) mass is 271 g/mol. The fourth-order valence-electron chi connectivity index (χ4n) is 1.61. The third kappa shape index (κ3) is 3.18. The SMILES string of the molecule is COc1ccc(CSc2ncccc2N)cc1C#N. The molecule has 1 aromatic carbocycles. The fourth-order valence-corrected chi connectivity index (χ4v) is 2.46. The Morgan fingerprint density at radius 1 is 1.42 bits per heavy atom. The first-order valence-corrected chi connectivity index (χ1v) is 6.63. The number of nitrogens with zero attached hydrogens (tertiary/aromatic N) is 2. The Morgan fingerprint density at radius 2 is 2.26 bits per heavy atom. The van der Waals surface area contributed by atoms with Crippen LogP contribution >= 0.6 is 11.8 Å². The van der Waals surface area contributed by atoms with Crippen LogP contribution in [0, 0.1) is 11.3 Å². The average molecular weight is 271 g/mol. The number of rotatable bonds is 4. The van der Waals surface area contributed by atoms with Crippen LogP contribution in [0.4, 0.5) is 5.69 Å². The molecule has 0 radical (unpaired) electrons. The van der Waals surface area contributed by atoms with Gasteiger partial charge in [-0.25, -0.2) is 4.98 Å². The summed E-state index contributed by atoms with van der Waals surface area (Å²) in [4.78, 5) is 4.22. The van der Waals surface area contributed by atoms with E-state index in [1.54, 1.807) is 37.2 Å². The minimum atomic E-state index is 0.537. The Bertz CT molecular complexity index is 622. The molecular formula is C14H13N3OS. The van der Waals surface area contributed by atoms with Crippen LogP contribution in [0.15, 0.2) is 41.6 Å². The van der Waals surface area contributed by atoms with E-state index in [9.17, 15) is 0 Å². The third-order valence-electron chi connectivity index (χ3n) is 2.56. The van der Waals surface area contributed by atoms with E-state index in [0.717, 1.165) is 10.6 Å². The Hall–Kier alpha value is -2.19. The summed E-state index contributed by atoms with van der Waals surface area (Å²) in [6.07, 6.45) is 1.72. The summed E-state index contributed by atoms with van der Waals surface area (Å²) in [5.74, 6) is 1.30. The maximum atomic E-state index is 9.03. The van der Waals surface area contributed by atoms with Crippen molar-refractivity contribution in [3.8, 4) is 11.8 Å². The van der Waals surface area contributed by atoms with Crippen molar-refractivity contribution in [3.63, 3.8) is 0 Å². The van der Waals surface area contributed by atoms with Gasteiger partial charge in [0.05, 0.1) is 18.4 Å². The minimum absolute atomic E-state index is 0.537. The summed E-state index contributed by atoms with van der Waals surface area (Å²) in [6.45, 7) is 0. The molecule has 4 nitrogen and oxygen atoms in total. The number of nitrogen functional groups attached to an aromatic ring is 1. The van der Waals surface area contributed by atoms with Crippen molar-refractivity contribution in [1.82, 2.24) is 4.98 Å². The van der Waals surface area contributed by atoms with Crippen LogP contribution in [-0.2, 0) is 5.75 Å². The second-order valence-corrected chi connectivity index (χ2v) is 4.80. The second-order valence-electron chi connectivity index (χ2n) is 3.83.